The van der Waals surface area contributed by atoms with E-state index in [2.05, 4.69) is 9.88 Å². The van der Waals surface area contributed by atoms with E-state index in [1.165, 1.54) is 0 Å². The molecule has 0 saturated heterocycles. The third-order valence-electron chi connectivity index (χ3n) is 1.95. The summed E-state index contributed by atoms with van der Waals surface area (Å²) in [5, 5.41) is 3.60. The summed E-state index contributed by atoms with van der Waals surface area (Å²) in [5.41, 5.74) is 5.45. The van der Waals surface area contributed by atoms with E-state index in [9.17, 15) is 8.42 Å². The van der Waals surface area contributed by atoms with Crippen LogP contribution >= 0.6 is 0 Å². The van der Waals surface area contributed by atoms with Crippen LogP contribution in [0.25, 0.3) is 0 Å². The number of sulfonamides is 1. The van der Waals surface area contributed by atoms with E-state index < -0.39 is 15.6 Å². The van der Waals surface area contributed by atoms with Crippen LogP contribution in [0.5, 0.6) is 0 Å². The van der Waals surface area contributed by atoms with Gasteiger partial charge in [-0.25, -0.2) is 13.1 Å². The molecule has 1 rings (SSSR count). The number of nitrogens with zero attached hydrogens (tertiary/aromatic N) is 1. The average molecular weight is 247 g/mol. The maximum atomic E-state index is 11.9. The summed E-state index contributed by atoms with van der Waals surface area (Å²) in [6.07, 6.45) is 0. The van der Waals surface area contributed by atoms with Gasteiger partial charge in [-0.15, -0.1) is 0 Å². The van der Waals surface area contributed by atoms with Crippen molar-refractivity contribution in [2.45, 2.75) is 38.1 Å². The van der Waals surface area contributed by atoms with Crippen LogP contribution in [0.4, 0.5) is 0 Å². The summed E-state index contributed by atoms with van der Waals surface area (Å²) in [5.74, 6) is 0.278. The molecule has 0 unspecified atom stereocenters. The third-order valence-corrected chi connectivity index (χ3v) is 3.60. The zero-order valence-corrected chi connectivity index (χ0v) is 10.7. The van der Waals surface area contributed by atoms with Gasteiger partial charge in [0.1, 0.15) is 10.6 Å². The Bertz CT molecular complexity index is 451. The molecule has 0 aliphatic heterocycles. The molecule has 0 aliphatic rings. The van der Waals surface area contributed by atoms with Crippen molar-refractivity contribution in [3.05, 3.63) is 11.5 Å². The van der Waals surface area contributed by atoms with Crippen molar-refractivity contribution in [2.75, 3.05) is 6.54 Å². The summed E-state index contributed by atoms with van der Waals surface area (Å²) < 4.78 is 31.1. The topological polar surface area (TPSA) is 98.2 Å². The van der Waals surface area contributed by atoms with Gasteiger partial charge >= 0.3 is 0 Å². The van der Waals surface area contributed by atoms with Gasteiger partial charge in [0, 0.05) is 12.1 Å². The Kier molecular flexibility index (Phi) is 3.41. The number of aromatic nitrogens is 1. The minimum atomic E-state index is -3.60. The SMILES string of the molecule is Cc1noc(C)c1S(=O)(=O)NCC(C)(C)N. The van der Waals surface area contributed by atoms with E-state index in [0.29, 0.717) is 5.69 Å². The first-order valence-corrected chi connectivity index (χ1v) is 6.33. The van der Waals surface area contributed by atoms with Gasteiger partial charge in [-0.1, -0.05) is 5.16 Å². The van der Waals surface area contributed by atoms with Gasteiger partial charge in [-0.05, 0) is 27.7 Å². The molecule has 0 atom stereocenters. The van der Waals surface area contributed by atoms with Crippen LogP contribution in [0.15, 0.2) is 9.42 Å². The van der Waals surface area contributed by atoms with Crippen molar-refractivity contribution in [1.82, 2.24) is 9.88 Å². The second kappa shape index (κ2) is 4.15. The monoisotopic (exact) mass is 247 g/mol. The van der Waals surface area contributed by atoms with E-state index in [0.717, 1.165) is 0 Å². The molecule has 0 bridgehead atoms. The second-order valence-electron chi connectivity index (χ2n) is 4.47. The molecule has 7 heteroatoms. The molecule has 0 aromatic carbocycles. The van der Waals surface area contributed by atoms with Crippen molar-refractivity contribution < 1.29 is 12.9 Å². The highest BCUT2D eigenvalue weighted by Crippen LogP contribution is 2.18. The number of rotatable bonds is 4. The lowest BCUT2D eigenvalue weighted by atomic mass is 10.1. The maximum Gasteiger partial charge on any atom is 0.246 e. The highest BCUT2D eigenvalue weighted by molar-refractivity contribution is 7.89. The zero-order chi connectivity index (χ0) is 12.6. The normalized spacial score (nSPS) is 13.1. The third kappa shape index (κ3) is 3.03. The predicted octanol–water partition coefficient (Wildman–Crippen LogP) is 0.307. The van der Waals surface area contributed by atoms with Crippen LogP contribution in [-0.2, 0) is 10.0 Å². The van der Waals surface area contributed by atoms with Crippen molar-refractivity contribution in [3.8, 4) is 0 Å². The van der Waals surface area contributed by atoms with Crippen molar-refractivity contribution in [2.24, 2.45) is 5.73 Å². The first kappa shape index (κ1) is 13.1. The van der Waals surface area contributed by atoms with Gasteiger partial charge in [-0.2, -0.15) is 0 Å². The summed E-state index contributed by atoms with van der Waals surface area (Å²) in [4.78, 5) is 0.0942. The lowest BCUT2D eigenvalue weighted by Crippen LogP contribution is -2.45. The largest absolute Gasteiger partial charge is 0.360 e. The molecule has 6 nitrogen and oxygen atoms in total. The molecule has 1 aromatic heterocycles. The van der Waals surface area contributed by atoms with Crippen LogP contribution in [0.3, 0.4) is 0 Å². The Balaban J connectivity index is 2.96. The zero-order valence-electron chi connectivity index (χ0n) is 9.86. The first-order chi connectivity index (χ1) is 7.13. The summed E-state index contributed by atoms with van der Waals surface area (Å²) in [6.45, 7) is 6.77. The Morgan fingerprint density at radius 2 is 2.00 bits per heavy atom. The standard InChI is InChI=1S/C9H17N3O3S/c1-6-8(7(2)15-12-6)16(13,14)11-5-9(3,4)10/h11H,5,10H2,1-4H3. The molecule has 0 radical (unpaired) electrons. The van der Waals surface area contributed by atoms with Crippen LogP contribution in [-0.4, -0.2) is 25.7 Å². The maximum absolute atomic E-state index is 11.9. The predicted molar refractivity (Wildman–Crippen MR) is 59.4 cm³/mol. The molecular formula is C9H17N3O3S. The second-order valence-corrected chi connectivity index (χ2v) is 6.17. The fourth-order valence-electron chi connectivity index (χ4n) is 1.21. The molecule has 0 spiro atoms. The lowest BCUT2D eigenvalue weighted by molar-refractivity contribution is 0.390. The van der Waals surface area contributed by atoms with E-state index >= 15 is 0 Å². The minimum absolute atomic E-state index is 0.0942. The fraction of sp³-hybridized carbons (Fsp3) is 0.667. The molecular weight excluding hydrogens is 230 g/mol. The quantitative estimate of drug-likeness (QED) is 0.797. The van der Waals surface area contributed by atoms with Gasteiger partial charge < -0.3 is 10.3 Å². The van der Waals surface area contributed by atoms with E-state index in [1.54, 1.807) is 27.7 Å². The first-order valence-electron chi connectivity index (χ1n) is 4.85. The highest BCUT2D eigenvalue weighted by Gasteiger charge is 2.25. The van der Waals surface area contributed by atoms with Crippen LogP contribution < -0.4 is 10.5 Å². The van der Waals surface area contributed by atoms with Crippen LogP contribution in [0.2, 0.25) is 0 Å². The number of aryl methyl sites for hydroxylation is 2. The molecule has 92 valence electrons. The van der Waals surface area contributed by atoms with Crippen molar-refractivity contribution in [3.63, 3.8) is 0 Å². The van der Waals surface area contributed by atoms with Crippen LogP contribution in [0, 0.1) is 13.8 Å². The highest BCUT2D eigenvalue weighted by atomic mass is 32.2. The lowest BCUT2D eigenvalue weighted by Gasteiger charge is -2.18. The fourth-order valence-corrected chi connectivity index (χ4v) is 2.76. The van der Waals surface area contributed by atoms with Gasteiger partial charge in [0.25, 0.3) is 0 Å². The van der Waals surface area contributed by atoms with E-state index in [4.69, 9.17) is 10.3 Å². The smallest absolute Gasteiger partial charge is 0.246 e. The Labute approximate surface area is 95.2 Å². The molecule has 0 amide bonds. The average Bonchev–Trinajstić information content (AvgIpc) is 2.42. The summed E-state index contributed by atoms with van der Waals surface area (Å²) >= 11 is 0. The number of nitrogens with one attached hydrogen (secondary N) is 1. The summed E-state index contributed by atoms with van der Waals surface area (Å²) in [7, 11) is -3.60. The van der Waals surface area contributed by atoms with Gasteiger partial charge in [-0.3, -0.25) is 0 Å². The Hall–Kier alpha value is -0.920. The van der Waals surface area contributed by atoms with E-state index in [-0.39, 0.29) is 17.2 Å². The van der Waals surface area contributed by atoms with Gasteiger partial charge in [0.2, 0.25) is 10.0 Å². The van der Waals surface area contributed by atoms with Crippen molar-refractivity contribution in [1.29, 1.82) is 0 Å². The number of hydrogen-bond donors (Lipinski definition) is 2. The van der Waals surface area contributed by atoms with Crippen LogP contribution in [0.1, 0.15) is 25.3 Å². The van der Waals surface area contributed by atoms with E-state index in [1.807, 2.05) is 0 Å². The number of hydrogen-bond acceptors (Lipinski definition) is 5. The molecule has 0 aliphatic carbocycles. The summed E-state index contributed by atoms with van der Waals surface area (Å²) in [6, 6.07) is 0. The molecule has 3 N–H and O–H groups in total. The van der Waals surface area contributed by atoms with Gasteiger partial charge in [0.15, 0.2) is 5.76 Å². The Morgan fingerprint density at radius 1 is 1.44 bits per heavy atom. The molecule has 0 fully saturated rings. The molecule has 1 heterocycles. The van der Waals surface area contributed by atoms with Crippen molar-refractivity contribution >= 4 is 10.0 Å². The number of nitrogens with two attached hydrogens (primary N) is 1. The molecule has 0 saturated carbocycles. The minimum Gasteiger partial charge on any atom is -0.360 e. The van der Waals surface area contributed by atoms with Gasteiger partial charge in [0.05, 0.1) is 0 Å². The molecule has 16 heavy (non-hydrogen) atoms. The molecule has 1 aromatic rings. The Morgan fingerprint density at radius 3 is 2.38 bits per heavy atom.